The van der Waals surface area contributed by atoms with E-state index in [-0.39, 0.29) is 0 Å². The summed E-state index contributed by atoms with van der Waals surface area (Å²) in [4.78, 5) is 11.5. The summed E-state index contributed by atoms with van der Waals surface area (Å²) in [5.41, 5.74) is 0.393. The minimum Gasteiger partial charge on any atom is -0.497 e. The van der Waals surface area contributed by atoms with E-state index in [9.17, 15) is 4.79 Å². The number of esters is 1. The van der Waals surface area contributed by atoms with E-state index in [1.54, 1.807) is 25.3 Å². The monoisotopic (exact) mass is 239 g/mol. The Morgan fingerprint density at radius 1 is 1.35 bits per heavy atom. The molecular formula is C12H17NO4. The van der Waals surface area contributed by atoms with Crippen molar-refractivity contribution in [3.63, 3.8) is 0 Å². The average Bonchev–Trinajstić information content (AvgIpc) is 2.38. The van der Waals surface area contributed by atoms with Gasteiger partial charge in [0, 0.05) is 12.6 Å². The molecule has 0 bridgehead atoms. The van der Waals surface area contributed by atoms with Gasteiger partial charge in [0.2, 0.25) is 0 Å². The molecule has 0 heterocycles. The summed E-state index contributed by atoms with van der Waals surface area (Å²) in [7, 11) is 4.73. The lowest BCUT2D eigenvalue weighted by molar-refractivity contribution is 0.0596. The molecule has 17 heavy (non-hydrogen) atoms. The highest BCUT2D eigenvalue weighted by Gasteiger charge is 2.13. The molecule has 0 fully saturated rings. The van der Waals surface area contributed by atoms with Gasteiger partial charge < -0.3 is 19.5 Å². The third kappa shape index (κ3) is 3.64. The van der Waals surface area contributed by atoms with Gasteiger partial charge in [0.15, 0.2) is 0 Å². The van der Waals surface area contributed by atoms with Crippen molar-refractivity contribution in [2.75, 3.05) is 34.4 Å². The summed E-state index contributed by atoms with van der Waals surface area (Å²) in [6.07, 6.45) is 0. The van der Waals surface area contributed by atoms with Crippen LogP contribution in [-0.2, 0) is 4.74 Å². The summed E-state index contributed by atoms with van der Waals surface area (Å²) >= 11 is 0. The van der Waals surface area contributed by atoms with Gasteiger partial charge in [-0.25, -0.2) is 4.79 Å². The van der Waals surface area contributed by atoms with Gasteiger partial charge in [0.05, 0.1) is 14.2 Å². The third-order valence-electron chi connectivity index (χ3n) is 2.20. The molecule has 0 aliphatic carbocycles. The Kier molecular flexibility index (Phi) is 5.29. The molecule has 0 atom stereocenters. The fraction of sp³-hybridized carbons (Fsp3) is 0.417. The maximum absolute atomic E-state index is 11.5. The highest BCUT2D eigenvalue weighted by atomic mass is 16.5. The van der Waals surface area contributed by atoms with Gasteiger partial charge >= 0.3 is 5.97 Å². The molecule has 1 rings (SSSR count). The Balaban J connectivity index is 2.90. The van der Waals surface area contributed by atoms with E-state index < -0.39 is 5.97 Å². The van der Waals surface area contributed by atoms with Crippen LogP contribution in [0.2, 0.25) is 0 Å². The Labute approximate surface area is 101 Å². The number of carbonyl (C=O) groups excluding carboxylic acids is 1. The molecule has 0 aromatic heterocycles. The van der Waals surface area contributed by atoms with Crippen LogP contribution in [0.25, 0.3) is 0 Å². The lowest BCUT2D eigenvalue weighted by Crippen LogP contribution is -2.17. The molecule has 94 valence electrons. The molecule has 0 aliphatic rings. The predicted octanol–water partition coefficient (Wildman–Crippen LogP) is 1.08. The third-order valence-corrected chi connectivity index (χ3v) is 2.20. The van der Waals surface area contributed by atoms with Crippen molar-refractivity contribution in [2.45, 2.75) is 0 Å². The second-order valence-corrected chi connectivity index (χ2v) is 3.31. The number of likely N-dealkylation sites (N-methyl/N-ethyl adjacent to an activating group) is 1. The quantitative estimate of drug-likeness (QED) is 0.594. The Morgan fingerprint density at radius 2 is 2.12 bits per heavy atom. The number of benzene rings is 1. The van der Waals surface area contributed by atoms with E-state index in [0.717, 1.165) is 0 Å². The average molecular weight is 239 g/mol. The molecule has 0 radical (unpaired) electrons. The van der Waals surface area contributed by atoms with Crippen LogP contribution in [0.3, 0.4) is 0 Å². The van der Waals surface area contributed by atoms with Gasteiger partial charge in [0.25, 0.3) is 0 Å². The smallest absolute Gasteiger partial charge is 0.341 e. The Bertz CT molecular complexity index is 379. The SMILES string of the molecule is CNCCOc1cc(OC)ccc1C(=O)OC. The van der Waals surface area contributed by atoms with Crippen molar-refractivity contribution in [1.82, 2.24) is 5.32 Å². The first kappa shape index (κ1) is 13.3. The Hall–Kier alpha value is -1.75. The van der Waals surface area contributed by atoms with E-state index >= 15 is 0 Å². The fourth-order valence-corrected chi connectivity index (χ4v) is 1.29. The maximum Gasteiger partial charge on any atom is 0.341 e. The Morgan fingerprint density at radius 3 is 2.71 bits per heavy atom. The number of ether oxygens (including phenoxy) is 3. The van der Waals surface area contributed by atoms with Gasteiger partial charge in [-0.15, -0.1) is 0 Å². The fourth-order valence-electron chi connectivity index (χ4n) is 1.29. The van der Waals surface area contributed by atoms with E-state index in [1.807, 2.05) is 7.05 Å². The summed E-state index contributed by atoms with van der Waals surface area (Å²) in [6.45, 7) is 1.16. The van der Waals surface area contributed by atoms with E-state index in [1.165, 1.54) is 7.11 Å². The van der Waals surface area contributed by atoms with Crippen LogP contribution < -0.4 is 14.8 Å². The number of nitrogens with one attached hydrogen (secondary N) is 1. The lowest BCUT2D eigenvalue weighted by Gasteiger charge is -2.11. The highest BCUT2D eigenvalue weighted by molar-refractivity contribution is 5.92. The van der Waals surface area contributed by atoms with E-state index in [4.69, 9.17) is 9.47 Å². The van der Waals surface area contributed by atoms with Crippen LogP contribution in [0.5, 0.6) is 11.5 Å². The van der Waals surface area contributed by atoms with Crippen molar-refractivity contribution in [3.05, 3.63) is 23.8 Å². The van der Waals surface area contributed by atoms with Crippen LogP contribution in [0.15, 0.2) is 18.2 Å². The maximum atomic E-state index is 11.5. The summed E-state index contributed by atoms with van der Waals surface area (Å²) in [5.74, 6) is 0.677. The standard InChI is InChI=1S/C12H17NO4/c1-13-6-7-17-11-8-9(15-2)4-5-10(11)12(14)16-3/h4-5,8,13H,6-7H2,1-3H3. The molecule has 5 heteroatoms. The van der Waals surface area contributed by atoms with Crippen molar-refractivity contribution < 1.29 is 19.0 Å². The molecule has 0 saturated heterocycles. The van der Waals surface area contributed by atoms with Crippen LogP contribution in [0.4, 0.5) is 0 Å². The molecule has 0 amide bonds. The minimum atomic E-state index is -0.424. The van der Waals surface area contributed by atoms with Crippen molar-refractivity contribution in [1.29, 1.82) is 0 Å². The molecule has 1 aromatic carbocycles. The van der Waals surface area contributed by atoms with Crippen LogP contribution in [0, 0.1) is 0 Å². The first-order valence-corrected chi connectivity index (χ1v) is 5.26. The van der Waals surface area contributed by atoms with Gasteiger partial charge in [-0.1, -0.05) is 0 Å². The van der Waals surface area contributed by atoms with Gasteiger partial charge in [-0.3, -0.25) is 0 Å². The molecule has 0 unspecified atom stereocenters. The first-order chi connectivity index (χ1) is 8.22. The number of hydrogen-bond acceptors (Lipinski definition) is 5. The summed E-state index contributed by atoms with van der Waals surface area (Å²) < 4.78 is 15.3. The molecular weight excluding hydrogens is 222 g/mol. The van der Waals surface area contributed by atoms with Gasteiger partial charge in [-0.2, -0.15) is 0 Å². The van der Waals surface area contributed by atoms with Crippen LogP contribution >= 0.6 is 0 Å². The van der Waals surface area contributed by atoms with Gasteiger partial charge in [-0.05, 0) is 19.2 Å². The highest BCUT2D eigenvalue weighted by Crippen LogP contribution is 2.25. The minimum absolute atomic E-state index is 0.393. The second kappa shape index (κ2) is 6.75. The summed E-state index contributed by atoms with van der Waals surface area (Å²) in [6, 6.07) is 4.98. The zero-order chi connectivity index (χ0) is 12.7. The molecule has 0 spiro atoms. The number of methoxy groups -OCH3 is 2. The van der Waals surface area contributed by atoms with Crippen LogP contribution in [0.1, 0.15) is 10.4 Å². The number of hydrogen-bond donors (Lipinski definition) is 1. The topological polar surface area (TPSA) is 56.8 Å². The second-order valence-electron chi connectivity index (χ2n) is 3.31. The predicted molar refractivity (Wildman–Crippen MR) is 63.8 cm³/mol. The molecule has 1 aromatic rings. The number of rotatable bonds is 6. The van der Waals surface area contributed by atoms with Crippen molar-refractivity contribution in [3.8, 4) is 11.5 Å². The molecule has 0 aliphatic heterocycles. The van der Waals surface area contributed by atoms with Crippen molar-refractivity contribution >= 4 is 5.97 Å². The lowest BCUT2D eigenvalue weighted by atomic mass is 10.2. The van der Waals surface area contributed by atoms with Crippen LogP contribution in [-0.4, -0.2) is 40.4 Å². The number of carbonyl (C=O) groups is 1. The molecule has 0 saturated carbocycles. The largest absolute Gasteiger partial charge is 0.497 e. The normalized spacial score (nSPS) is 9.82. The zero-order valence-electron chi connectivity index (χ0n) is 10.3. The van der Waals surface area contributed by atoms with E-state index in [2.05, 4.69) is 10.1 Å². The van der Waals surface area contributed by atoms with E-state index in [0.29, 0.717) is 30.2 Å². The first-order valence-electron chi connectivity index (χ1n) is 5.26. The summed E-state index contributed by atoms with van der Waals surface area (Å²) in [5, 5.41) is 2.96. The van der Waals surface area contributed by atoms with Crippen molar-refractivity contribution in [2.24, 2.45) is 0 Å². The molecule has 5 nitrogen and oxygen atoms in total. The van der Waals surface area contributed by atoms with Gasteiger partial charge in [0.1, 0.15) is 23.7 Å². The zero-order valence-corrected chi connectivity index (χ0v) is 10.3. The molecule has 1 N–H and O–H groups in total.